The first kappa shape index (κ1) is 12.0. The molecule has 14 heavy (non-hydrogen) atoms. The van der Waals surface area contributed by atoms with Crippen LogP contribution in [0.15, 0.2) is 0 Å². The Balaban J connectivity index is 2.60. The van der Waals surface area contributed by atoms with E-state index in [0.29, 0.717) is 0 Å². The molecular formula is C12H24O2. The molecule has 0 radical (unpaired) electrons. The lowest BCUT2D eigenvalue weighted by atomic mass is 9.74. The minimum atomic E-state index is -0.338. The number of hydrogen-bond donors (Lipinski definition) is 2. The predicted molar refractivity (Wildman–Crippen MR) is 58.1 cm³/mol. The fourth-order valence-corrected chi connectivity index (χ4v) is 2.47. The summed E-state index contributed by atoms with van der Waals surface area (Å²) in [6, 6.07) is 0. The molecule has 0 unspecified atom stereocenters. The van der Waals surface area contributed by atoms with E-state index < -0.39 is 0 Å². The van der Waals surface area contributed by atoms with Gasteiger partial charge in [0.05, 0.1) is 12.7 Å². The largest absolute Gasteiger partial charge is 0.396 e. The molecule has 2 nitrogen and oxygen atoms in total. The molecule has 0 amide bonds. The van der Waals surface area contributed by atoms with Gasteiger partial charge in [0, 0.05) is 5.41 Å². The molecule has 84 valence electrons. The van der Waals surface area contributed by atoms with E-state index >= 15 is 0 Å². The average Bonchev–Trinajstić information content (AvgIpc) is 2.49. The van der Waals surface area contributed by atoms with Crippen molar-refractivity contribution in [3.8, 4) is 0 Å². The van der Waals surface area contributed by atoms with E-state index in [1.165, 1.54) is 0 Å². The Morgan fingerprint density at radius 3 is 2.07 bits per heavy atom. The van der Waals surface area contributed by atoms with Crippen LogP contribution in [0.1, 0.15) is 52.9 Å². The van der Waals surface area contributed by atoms with Gasteiger partial charge in [-0.25, -0.2) is 0 Å². The van der Waals surface area contributed by atoms with Gasteiger partial charge in [-0.05, 0) is 24.7 Å². The molecule has 0 spiro atoms. The predicted octanol–water partition coefficient (Wildman–Crippen LogP) is 2.34. The Hall–Kier alpha value is -0.0800. The summed E-state index contributed by atoms with van der Waals surface area (Å²) in [4.78, 5) is 0. The standard InChI is InChI=1S/C12H24O2/c1-11(2,3)8-10(14)12(9-13)6-4-5-7-12/h10,13-14H,4-9H2,1-3H3/t10-/m1/s1. The first-order valence-corrected chi connectivity index (χ1v) is 5.69. The third kappa shape index (κ3) is 2.71. The van der Waals surface area contributed by atoms with Crippen molar-refractivity contribution in [3.05, 3.63) is 0 Å². The molecule has 1 fully saturated rings. The van der Waals surface area contributed by atoms with E-state index in [-0.39, 0.29) is 23.5 Å². The lowest BCUT2D eigenvalue weighted by Crippen LogP contribution is -2.38. The molecule has 2 N–H and O–H groups in total. The summed E-state index contributed by atoms with van der Waals surface area (Å²) in [5, 5.41) is 19.6. The van der Waals surface area contributed by atoms with Crippen LogP contribution in [0.25, 0.3) is 0 Å². The van der Waals surface area contributed by atoms with Crippen LogP contribution in [0.4, 0.5) is 0 Å². The molecule has 1 aliphatic carbocycles. The maximum Gasteiger partial charge on any atom is 0.0623 e. The van der Waals surface area contributed by atoms with E-state index in [2.05, 4.69) is 20.8 Å². The summed E-state index contributed by atoms with van der Waals surface area (Å²) in [6.07, 6.45) is 4.73. The monoisotopic (exact) mass is 200 g/mol. The lowest BCUT2D eigenvalue weighted by Gasteiger charge is -2.36. The Labute approximate surface area is 87.3 Å². The minimum absolute atomic E-state index is 0.143. The number of hydrogen-bond acceptors (Lipinski definition) is 2. The van der Waals surface area contributed by atoms with Crippen LogP contribution in [-0.2, 0) is 0 Å². The van der Waals surface area contributed by atoms with Gasteiger partial charge in [0.15, 0.2) is 0 Å². The van der Waals surface area contributed by atoms with Crippen LogP contribution >= 0.6 is 0 Å². The number of aliphatic hydroxyl groups excluding tert-OH is 2. The molecule has 0 aromatic heterocycles. The summed E-state index contributed by atoms with van der Waals surface area (Å²) in [7, 11) is 0. The molecule has 2 heteroatoms. The highest BCUT2D eigenvalue weighted by Crippen LogP contribution is 2.43. The van der Waals surface area contributed by atoms with E-state index in [1.54, 1.807) is 0 Å². The molecule has 1 rings (SSSR count). The van der Waals surface area contributed by atoms with Crippen LogP contribution in [0, 0.1) is 10.8 Å². The zero-order valence-corrected chi connectivity index (χ0v) is 9.71. The Kier molecular flexibility index (Phi) is 3.59. The quantitative estimate of drug-likeness (QED) is 0.734. The van der Waals surface area contributed by atoms with E-state index in [9.17, 15) is 10.2 Å². The first-order chi connectivity index (χ1) is 6.40. The molecule has 0 bridgehead atoms. The Morgan fingerprint density at radius 1 is 1.21 bits per heavy atom. The van der Waals surface area contributed by atoms with Crippen molar-refractivity contribution < 1.29 is 10.2 Å². The van der Waals surface area contributed by atoms with Gasteiger partial charge in [-0.2, -0.15) is 0 Å². The SMILES string of the molecule is CC(C)(C)C[C@@H](O)C1(CO)CCCC1. The van der Waals surface area contributed by atoms with Crippen molar-refractivity contribution in [2.75, 3.05) is 6.61 Å². The second-order valence-electron chi connectivity index (χ2n) is 6.01. The highest BCUT2D eigenvalue weighted by Gasteiger charge is 2.41. The molecule has 1 saturated carbocycles. The van der Waals surface area contributed by atoms with E-state index in [4.69, 9.17) is 0 Å². The normalized spacial score (nSPS) is 23.8. The van der Waals surface area contributed by atoms with E-state index in [1.807, 2.05) is 0 Å². The average molecular weight is 200 g/mol. The van der Waals surface area contributed by atoms with Gasteiger partial charge in [-0.3, -0.25) is 0 Å². The van der Waals surface area contributed by atoms with Crippen LogP contribution in [0.5, 0.6) is 0 Å². The molecular weight excluding hydrogens is 176 g/mol. The van der Waals surface area contributed by atoms with Gasteiger partial charge in [0.1, 0.15) is 0 Å². The van der Waals surface area contributed by atoms with Crippen molar-refractivity contribution in [1.29, 1.82) is 0 Å². The van der Waals surface area contributed by atoms with Crippen LogP contribution < -0.4 is 0 Å². The second-order valence-corrected chi connectivity index (χ2v) is 6.01. The minimum Gasteiger partial charge on any atom is -0.396 e. The molecule has 0 saturated heterocycles. The Morgan fingerprint density at radius 2 is 1.71 bits per heavy atom. The van der Waals surface area contributed by atoms with Crippen molar-refractivity contribution >= 4 is 0 Å². The topological polar surface area (TPSA) is 40.5 Å². The van der Waals surface area contributed by atoms with Gasteiger partial charge in [-0.1, -0.05) is 33.6 Å². The zero-order chi connectivity index (χ0) is 10.8. The van der Waals surface area contributed by atoms with Crippen molar-refractivity contribution in [2.45, 2.75) is 59.0 Å². The highest BCUT2D eigenvalue weighted by molar-refractivity contribution is 4.91. The van der Waals surface area contributed by atoms with Crippen LogP contribution in [-0.4, -0.2) is 22.9 Å². The zero-order valence-electron chi connectivity index (χ0n) is 9.71. The third-order valence-corrected chi connectivity index (χ3v) is 3.43. The molecule has 1 atom stereocenters. The van der Waals surface area contributed by atoms with Crippen molar-refractivity contribution in [2.24, 2.45) is 10.8 Å². The van der Waals surface area contributed by atoms with Crippen LogP contribution in [0.2, 0.25) is 0 Å². The van der Waals surface area contributed by atoms with Crippen LogP contribution in [0.3, 0.4) is 0 Å². The molecule has 0 aliphatic heterocycles. The fourth-order valence-electron chi connectivity index (χ4n) is 2.47. The van der Waals surface area contributed by atoms with Gasteiger partial charge in [0.25, 0.3) is 0 Å². The van der Waals surface area contributed by atoms with Gasteiger partial charge in [0.2, 0.25) is 0 Å². The number of aliphatic hydroxyl groups is 2. The fraction of sp³-hybridized carbons (Fsp3) is 1.00. The third-order valence-electron chi connectivity index (χ3n) is 3.43. The van der Waals surface area contributed by atoms with Gasteiger partial charge in [-0.15, -0.1) is 0 Å². The number of rotatable bonds is 3. The highest BCUT2D eigenvalue weighted by atomic mass is 16.3. The van der Waals surface area contributed by atoms with E-state index in [0.717, 1.165) is 32.1 Å². The summed E-state index contributed by atoms with van der Waals surface area (Å²) < 4.78 is 0. The smallest absolute Gasteiger partial charge is 0.0623 e. The summed E-state index contributed by atoms with van der Waals surface area (Å²) in [6.45, 7) is 6.55. The van der Waals surface area contributed by atoms with Gasteiger partial charge < -0.3 is 10.2 Å². The maximum atomic E-state index is 10.2. The summed E-state index contributed by atoms with van der Waals surface area (Å²) in [5.41, 5.74) is -0.0442. The summed E-state index contributed by atoms with van der Waals surface area (Å²) >= 11 is 0. The molecule has 0 aromatic carbocycles. The lowest BCUT2D eigenvalue weighted by molar-refractivity contribution is -0.0341. The summed E-state index contributed by atoms with van der Waals surface area (Å²) in [5.74, 6) is 0. The maximum absolute atomic E-state index is 10.2. The Bertz CT molecular complexity index is 175. The second kappa shape index (κ2) is 4.19. The van der Waals surface area contributed by atoms with Crippen molar-refractivity contribution in [1.82, 2.24) is 0 Å². The van der Waals surface area contributed by atoms with Gasteiger partial charge >= 0.3 is 0 Å². The molecule has 0 heterocycles. The molecule has 1 aliphatic rings. The molecule has 0 aromatic rings. The van der Waals surface area contributed by atoms with Crippen molar-refractivity contribution in [3.63, 3.8) is 0 Å². The first-order valence-electron chi connectivity index (χ1n) is 5.69.